The summed E-state index contributed by atoms with van der Waals surface area (Å²) < 4.78 is 5.32. The lowest BCUT2D eigenvalue weighted by atomic mass is 9.97. The second-order valence-electron chi connectivity index (χ2n) is 5.62. The van der Waals surface area contributed by atoms with E-state index in [-0.39, 0.29) is 12.0 Å². The molecule has 0 aliphatic carbocycles. The van der Waals surface area contributed by atoms with Crippen LogP contribution in [0.4, 0.5) is 5.69 Å². The van der Waals surface area contributed by atoms with Gasteiger partial charge in [-0.05, 0) is 32.4 Å². The minimum atomic E-state index is -0.786. The van der Waals surface area contributed by atoms with Crippen LogP contribution in [0.3, 0.4) is 0 Å². The fourth-order valence-electron chi connectivity index (χ4n) is 2.27. The van der Waals surface area contributed by atoms with Crippen LogP contribution in [0.15, 0.2) is 30.5 Å². The second kappa shape index (κ2) is 5.99. The lowest BCUT2D eigenvalue weighted by Crippen LogP contribution is -2.31. The van der Waals surface area contributed by atoms with E-state index in [1.165, 1.54) is 0 Å². The van der Waals surface area contributed by atoms with Gasteiger partial charge in [-0.3, -0.25) is 9.78 Å². The van der Waals surface area contributed by atoms with Crippen molar-refractivity contribution in [1.29, 1.82) is 0 Å². The van der Waals surface area contributed by atoms with Crippen LogP contribution in [0.2, 0.25) is 0 Å². The average Bonchev–Trinajstić information content (AvgIpc) is 2.45. The number of hydrogen-bond acceptors (Lipinski definition) is 4. The number of nitrogens with one attached hydrogen (secondary N) is 1. The molecule has 0 aliphatic rings. The molecule has 5 heteroatoms. The molecule has 5 nitrogen and oxygen atoms in total. The Morgan fingerprint density at radius 3 is 2.81 bits per heavy atom. The number of benzene rings is 1. The van der Waals surface area contributed by atoms with Crippen molar-refractivity contribution in [2.75, 3.05) is 12.4 Å². The summed E-state index contributed by atoms with van der Waals surface area (Å²) in [5, 5.41) is 13.2. The van der Waals surface area contributed by atoms with Crippen molar-refractivity contribution in [1.82, 2.24) is 4.98 Å². The molecule has 0 bridgehead atoms. The van der Waals surface area contributed by atoms with E-state index in [9.17, 15) is 4.79 Å². The molecule has 0 radical (unpaired) electrons. The molecular weight excluding hydrogens is 268 g/mol. The van der Waals surface area contributed by atoms with Gasteiger partial charge in [-0.1, -0.05) is 12.1 Å². The van der Waals surface area contributed by atoms with Gasteiger partial charge < -0.3 is 15.2 Å². The highest BCUT2D eigenvalue weighted by molar-refractivity contribution is 5.94. The van der Waals surface area contributed by atoms with E-state index in [1.807, 2.05) is 38.1 Å². The number of aromatic nitrogens is 1. The van der Waals surface area contributed by atoms with E-state index in [2.05, 4.69) is 10.3 Å². The Hall–Kier alpha value is -2.30. The van der Waals surface area contributed by atoms with Crippen LogP contribution in [-0.2, 0) is 4.79 Å². The first kappa shape index (κ1) is 15.1. The third-order valence-corrected chi connectivity index (χ3v) is 3.39. The van der Waals surface area contributed by atoms with E-state index in [1.54, 1.807) is 13.3 Å². The summed E-state index contributed by atoms with van der Waals surface area (Å²) in [5.74, 6) is -0.0642. The number of carboxylic acid groups (broad SMARTS) is 1. The van der Waals surface area contributed by atoms with E-state index < -0.39 is 5.97 Å². The Morgan fingerprint density at radius 2 is 2.14 bits per heavy atom. The molecule has 0 saturated heterocycles. The largest absolute Gasteiger partial charge is 0.494 e. The van der Waals surface area contributed by atoms with Crippen molar-refractivity contribution in [3.05, 3.63) is 30.5 Å². The standard InChI is InChI=1S/C16H20N2O3/c1-16(2,9-7-14(19)20)18-12-8-10-17-15-11(12)5-4-6-13(15)21-3/h4-6,8,10H,7,9H2,1-3H3,(H,17,18)(H,19,20). The number of hydrogen-bond donors (Lipinski definition) is 2. The van der Waals surface area contributed by atoms with Crippen LogP contribution in [0, 0.1) is 0 Å². The lowest BCUT2D eigenvalue weighted by Gasteiger charge is -2.27. The van der Waals surface area contributed by atoms with Gasteiger partial charge in [-0.2, -0.15) is 0 Å². The third kappa shape index (κ3) is 3.62. The number of anilines is 1. The third-order valence-electron chi connectivity index (χ3n) is 3.39. The predicted octanol–water partition coefficient (Wildman–Crippen LogP) is 3.30. The van der Waals surface area contributed by atoms with Crippen molar-refractivity contribution in [3.8, 4) is 5.75 Å². The molecule has 0 amide bonds. The Labute approximate surface area is 124 Å². The maximum absolute atomic E-state index is 10.7. The van der Waals surface area contributed by atoms with Crippen LogP contribution in [-0.4, -0.2) is 28.7 Å². The molecule has 0 atom stereocenters. The summed E-state index contributed by atoms with van der Waals surface area (Å²) in [6.45, 7) is 3.98. The normalized spacial score (nSPS) is 11.4. The summed E-state index contributed by atoms with van der Waals surface area (Å²) in [4.78, 5) is 15.1. The molecule has 21 heavy (non-hydrogen) atoms. The zero-order valence-electron chi connectivity index (χ0n) is 12.5. The summed E-state index contributed by atoms with van der Waals surface area (Å²) >= 11 is 0. The molecule has 0 saturated carbocycles. The summed E-state index contributed by atoms with van der Waals surface area (Å²) in [5.41, 5.74) is 1.39. The highest BCUT2D eigenvalue weighted by Gasteiger charge is 2.20. The van der Waals surface area contributed by atoms with E-state index in [0.29, 0.717) is 6.42 Å². The highest BCUT2D eigenvalue weighted by Crippen LogP contribution is 2.30. The van der Waals surface area contributed by atoms with Crippen molar-refractivity contribution >= 4 is 22.6 Å². The topological polar surface area (TPSA) is 71.5 Å². The monoisotopic (exact) mass is 288 g/mol. The van der Waals surface area contributed by atoms with Gasteiger partial charge in [0.2, 0.25) is 0 Å². The van der Waals surface area contributed by atoms with Crippen molar-refractivity contribution < 1.29 is 14.6 Å². The Kier molecular flexibility index (Phi) is 4.31. The van der Waals surface area contributed by atoms with Crippen LogP contribution in [0.5, 0.6) is 5.75 Å². The predicted molar refractivity (Wildman–Crippen MR) is 82.9 cm³/mol. The first-order chi connectivity index (χ1) is 9.93. The van der Waals surface area contributed by atoms with E-state index >= 15 is 0 Å². The molecule has 2 aromatic rings. The number of carbonyl (C=O) groups is 1. The number of pyridine rings is 1. The molecule has 1 aromatic heterocycles. The quantitative estimate of drug-likeness (QED) is 0.853. The fraction of sp³-hybridized carbons (Fsp3) is 0.375. The first-order valence-electron chi connectivity index (χ1n) is 6.85. The van der Waals surface area contributed by atoms with Crippen LogP contribution >= 0.6 is 0 Å². The van der Waals surface area contributed by atoms with Gasteiger partial charge in [0, 0.05) is 29.2 Å². The zero-order chi connectivity index (χ0) is 15.5. The number of carboxylic acids is 1. The molecule has 0 aliphatic heterocycles. The maximum Gasteiger partial charge on any atom is 0.303 e. The summed E-state index contributed by atoms with van der Waals surface area (Å²) in [6, 6.07) is 7.65. The van der Waals surface area contributed by atoms with Gasteiger partial charge >= 0.3 is 5.97 Å². The average molecular weight is 288 g/mol. The van der Waals surface area contributed by atoms with Gasteiger partial charge in [0.1, 0.15) is 11.3 Å². The van der Waals surface area contributed by atoms with Crippen LogP contribution in [0.25, 0.3) is 10.9 Å². The number of ether oxygens (including phenoxy) is 1. The second-order valence-corrected chi connectivity index (χ2v) is 5.62. The smallest absolute Gasteiger partial charge is 0.303 e. The number of aliphatic carboxylic acids is 1. The van der Waals surface area contributed by atoms with E-state index in [4.69, 9.17) is 9.84 Å². The van der Waals surface area contributed by atoms with Gasteiger partial charge in [0.15, 0.2) is 0 Å². The minimum absolute atomic E-state index is 0.131. The minimum Gasteiger partial charge on any atom is -0.494 e. The van der Waals surface area contributed by atoms with Crippen molar-refractivity contribution in [3.63, 3.8) is 0 Å². The molecule has 0 spiro atoms. The molecule has 0 unspecified atom stereocenters. The van der Waals surface area contributed by atoms with Gasteiger partial charge in [-0.15, -0.1) is 0 Å². The van der Waals surface area contributed by atoms with E-state index in [0.717, 1.165) is 22.3 Å². The van der Waals surface area contributed by atoms with Crippen LogP contribution in [0.1, 0.15) is 26.7 Å². The molecule has 1 heterocycles. The Balaban J connectivity index is 2.32. The number of fused-ring (bicyclic) bond motifs is 1. The Bertz CT molecular complexity index is 653. The summed E-state index contributed by atoms with van der Waals surface area (Å²) in [6.07, 6.45) is 2.39. The lowest BCUT2D eigenvalue weighted by molar-refractivity contribution is -0.137. The van der Waals surface area contributed by atoms with Gasteiger partial charge in [0.25, 0.3) is 0 Å². The zero-order valence-corrected chi connectivity index (χ0v) is 12.5. The highest BCUT2D eigenvalue weighted by atomic mass is 16.5. The fourth-order valence-corrected chi connectivity index (χ4v) is 2.27. The number of rotatable bonds is 6. The molecule has 1 aromatic carbocycles. The SMILES string of the molecule is COc1cccc2c(NC(C)(C)CCC(=O)O)ccnc12. The van der Waals surface area contributed by atoms with Crippen molar-refractivity contribution in [2.45, 2.75) is 32.2 Å². The molecule has 2 rings (SSSR count). The van der Waals surface area contributed by atoms with Gasteiger partial charge in [-0.25, -0.2) is 0 Å². The molecular formula is C16H20N2O3. The maximum atomic E-state index is 10.7. The Morgan fingerprint density at radius 1 is 1.38 bits per heavy atom. The number of para-hydroxylation sites is 1. The molecule has 0 fully saturated rings. The number of nitrogens with zero attached hydrogens (tertiary/aromatic N) is 1. The molecule has 112 valence electrons. The molecule has 2 N–H and O–H groups in total. The van der Waals surface area contributed by atoms with Gasteiger partial charge in [0.05, 0.1) is 7.11 Å². The first-order valence-corrected chi connectivity index (χ1v) is 6.85. The van der Waals surface area contributed by atoms with Crippen molar-refractivity contribution in [2.24, 2.45) is 0 Å². The van der Waals surface area contributed by atoms with Crippen LogP contribution < -0.4 is 10.1 Å². The number of methoxy groups -OCH3 is 1. The summed E-state index contributed by atoms with van der Waals surface area (Å²) in [7, 11) is 1.62.